The number of hydrogen-bond donors (Lipinski definition) is 2. The van der Waals surface area contributed by atoms with Crippen molar-refractivity contribution in [2.75, 3.05) is 24.3 Å². The Hall–Kier alpha value is -1.23. The number of nitrogens with zero attached hydrogens (tertiary/aromatic N) is 2. The number of rotatable bonds is 3. The van der Waals surface area contributed by atoms with Crippen molar-refractivity contribution in [3.8, 4) is 0 Å². The second-order valence-electron chi connectivity index (χ2n) is 4.65. The normalized spacial score (nSPS) is 24.9. The first-order valence-corrected chi connectivity index (χ1v) is 5.74. The Balaban J connectivity index is 2.26. The van der Waals surface area contributed by atoms with E-state index in [0.29, 0.717) is 0 Å². The maximum atomic E-state index is 6.03. The first-order valence-electron chi connectivity index (χ1n) is 5.74. The van der Waals surface area contributed by atoms with E-state index in [2.05, 4.69) is 24.3 Å². The van der Waals surface area contributed by atoms with Crippen LogP contribution in [0.5, 0.6) is 0 Å². The maximum Gasteiger partial charge on any atom is 0.148 e. The van der Waals surface area contributed by atoms with Crippen LogP contribution >= 0.6 is 0 Å². The molecule has 0 bridgehead atoms. The monoisotopic (exact) mass is 224 g/mol. The highest BCUT2D eigenvalue weighted by atomic mass is 16.5. The third-order valence-corrected chi connectivity index (χ3v) is 3.11. The first kappa shape index (κ1) is 11.3. The zero-order chi connectivity index (χ0) is 11.8. The summed E-state index contributed by atoms with van der Waals surface area (Å²) in [7, 11) is 0. The van der Waals surface area contributed by atoms with Crippen LogP contribution in [-0.4, -0.2) is 28.5 Å². The van der Waals surface area contributed by atoms with E-state index in [9.17, 15) is 0 Å². The lowest BCUT2D eigenvalue weighted by Gasteiger charge is -2.25. The summed E-state index contributed by atoms with van der Waals surface area (Å²) in [6.07, 6.45) is 1.00. The highest BCUT2D eigenvalue weighted by molar-refractivity contribution is 5.65. The van der Waals surface area contributed by atoms with Gasteiger partial charge in [-0.3, -0.25) is 0 Å². The van der Waals surface area contributed by atoms with Crippen molar-refractivity contribution in [1.29, 1.82) is 0 Å². The molecule has 2 rings (SSSR count). The molecule has 1 aliphatic rings. The average Bonchev–Trinajstić information content (AvgIpc) is 2.78. The molecule has 1 atom stereocenters. The van der Waals surface area contributed by atoms with Gasteiger partial charge in [-0.1, -0.05) is 0 Å². The minimum atomic E-state index is -0.0203. The molecule has 0 amide bonds. The largest absolute Gasteiger partial charge is 0.394 e. The highest BCUT2D eigenvalue weighted by Gasteiger charge is 2.31. The summed E-state index contributed by atoms with van der Waals surface area (Å²) in [4.78, 5) is 0. The number of nitrogens with one attached hydrogen (secondary N) is 1. The minimum Gasteiger partial charge on any atom is -0.394 e. The molecule has 3 N–H and O–H groups in total. The Labute approximate surface area is 96.0 Å². The molecule has 0 aliphatic carbocycles. The maximum absolute atomic E-state index is 6.03. The van der Waals surface area contributed by atoms with Gasteiger partial charge in [0.25, 0.3) is 0 Å². The van der Waals surface area contributed by atoms with Gasteiger partial charge in [0.05, 0.1) is 23.5 Å². The summed E-state index contributed by atoms with van der Waals surface area (Å²) in [6.45, 7) is 8.49. The van der Waals surface area contributed by atoms with E-state index in [4.69, 9.17) is 10.5 Å². The molecule has 0 spiro atoms. The number of ether oxygens (including phenoxy) is 1. The third kappa shape index (κ3) is 1.87. The van der Waals surface area contributed by atoms with Gasteiger partial charge in [-0.05, 0) is 27.2 Å². The number of hydrogen-bond acceptors (Lipinski definition) is 4. The predicted octanol–water partition coefficient (Wildman–Crippen LogP) is 1.38. The lowest BCUT2D eigenvalue weighted by molar-refractivity contribution is 0.185. The fraction of sp³-hybridized carbons (Fsp3) is 0.727. The fourth-order valence-corrected chi connectivity index (χ4v) is 2.01. The lowest BCUT2D eigenvalue weighted by Crippen LogP contribution is -2.36. The number of aryl methyl sites for hydroxylation is 2. The van der Waals surface area contributed by atoms with Crippen molar-refractivity contribution in [2.45, 2.75) is 39.3 Å². The molecule has 1 aromatic heterocycles. The molecule has 0 radical (unpaired) electrons. The molecule has 5 nitrogen and oxygen atoms in total. The van der Waals surface area contributed by atoms with Gasteiger partial charge in [0, 0.05) is 13.2 Å². The van der Waals surface area contributed by atoms with Gasteiger partial charge in [-0.15, -0.1) is 0 Å². The molecule has 1 aliphatic heterocycles. The molecule has 90 valence electrons. The van der Waals surface area contributed by atoms with Gasteiger partial charge in [0.15, 0.2) is 0 Å². The van der Waals surface area contributed by atoms with Crippen LogP contribution in [0.1, 0.15) is 26.0 Å². The van der Waals surface area contributed by atoms with Crippen LogP contribution in [-0.2, 0) is 11.3 Å². The van der Waals surface area contributed by atoms with Crippen LogP contribution in [0.25, 0.3) is 0 Å². The van der Waals surface area contributed by atoms with Crippen LogP contribution in [0.2, 0.25) is 0 Å². The van der Waals surface area contributed by atoms with Crippen LogP contribution in [0.3, 0.4) is 0 Å². The molecule has 2 heterocycles. The van der Waals surface area contributed by atoms with Crippen LogP contribution in [0.15, 0.2) is 0 Å². The predicted molar refractivity (Wildman–Crippen MR) is 64.5 cm³/mol. The first-order chi connectivity index (χ1) is 7.56. The van der Waals surface area contributed by atoms with Gasteiger partial charge in [0.2, 0.25) is 0 Å². The van der Waals surface area contributed by atoms with Gasteiger partial charge in [-0.25, -0.2) is 4.68 Å². The van der Waals surface area contributed by atoms with Crippen molar-refractivity contribution in [1.82, 2.24) is 9.78 Å². The van der Waals surface area contributed by atoms with Gasteiger partial charge < -0.3 is 15.8 Å². The zero-order valence-corrected chi connectivity index (χ0v) is 10.2. The van der Waals surface area contributed by atoms with Crippen molar-refractivity contribution in [3.05, 3.63) is 5.69 Å². The Morgan fingerprint density at radius 3 is 2.94 bits per heavy atom. The third-order valence-electron chi connectivity index (χ3n) is 3.11. The molecule has 1 saturated heterocycles. The molecule has 1 aromatic rings. The van der Waals surface area contributed by atoms with Crippen molar-refractivity contribution < 1.29 is 4.74 Å². The topological polar surface area (TPSA) is 65.1 Å². The van der Waals surface area contributed by atoms with Gasteiger partial charge >= 0.3 is 0 Å². The van der Waals surface area contributed by atoms with E-state index < -0.39 is 0 Å². The van der Waals surface area contributed by atoms with Crippen LogP contribution in [0, 0.1) is 6.92 Å². The lowest BCUT2D eigenvalue weighted by atomic mass is 10.0. The van der Waals surface area contributed by atoms with Gasteiger partial charge in [-0.2, -0.15) is 5.10 Å². The molecule has 0 aromatic carbocycles. The summed E-state index contributed by atoms with van der Waals surface area (Å²) in [6, 6.07) is 0. The molecule has 1 fully saturated rings. The highest BCUT2D eigenvalue weighted by Crippen LogP contribution is 2.29. The number of nitrogens with two attached hydrogens (primary N) is 1. The SMILES string of the molecule is CCn1nc(C)c(N)c1NC1(C)CCOC1. The van der Waals surface area contributed by atoms with Crippen molar-refractivity contribution in [3.63, 3.8) is 0 Å². The van der Waals surface area contributed by atoms with Crippen molar-refractivity contribution >= 4 is 11.5 Å². The summed E-state index contributed by atoms with van der Waals surface area (Å²) in [5.41, 5.74) is 7.64. The van der Waals surface area contributed by atoms with E-state index in [1.165, 1.54) is 0 Å². The van der Waals surface area contributed by atoms with E-state index in [1.54, 1.807) is 0 Å². The minimum absolute atomic E-state index is 0.0203. The summed E-state index contributed by atoms with van der Waals surface area (Å²) < 4.78 is 7.33. The summed E-state index contributed by atoms with van der Waals surface area (Å²) >= 11 is 0. The van der Waals surface area contributed by atoms with Crippen LogP contribution < -0.4 is 11.1 Å². The molecule has 5 heteroatoms. The summed E-state index contributed by atoms with van der Waals surface area (Å²) in [5, 5.41) is 7.87. The van der Waals surface area contributed by atoms with Crippen molar-refractivity contribution in [2.24, 2.45) is 0 Å². The molecular formula is C11H20N4O. The Morgan fingerprint density at radius 1 is 1.62 bits per heavy atom. The van der Waals surface area contributed by atoms with Gasteiger partial charge in [0.1, 0.15) is 5.82 Å². The number of nitrogen functional groups attached to an aromatic ring is 1. The van der Waals surface area contributed by atoms with E-state index >= 15 is 0 Å². The Bertz CT molecular complexity index is 380. The quantitative estimate of drug-likeness (QED) is 0.814. The molecule has 0 saturated carbocycles. The van der Waals surface area contributed by atoms with E-state index in [1.807, 2.05) is 11.6 Å². The zero-order valence-electron chi connectivity index (χ0n) is 10.2. The summed E-state index contributed by atoms with van der Waals surface area (Å²) in [5.74, 6) is 0.924. The van der Waals surface area contributed by atoms with Crippen LogP contribution in [0.4, 0.5) is 11.5 Å². The molecular weight excluding hydrogens is 204 g/mol. The second-order valence-corrected chi connectivity index (χ2v) is 4.65. The standard InChI is InChI=1S/C11H20N4O/c1-4-15-10(9(12)8(2)14-15)13-11(3)5-6-16-7-11/h13H,4-7,12H2,1-3H3. The van der Waals surface area contributed by atoms with E-state index in [0.717, 1.165) is 43.4 Å². The Morgan fingerprint density at radius 2 is 2.38 bits per heavy atom. The second kappa shape index (κ2) is 3.97. The number of anilines is 2. The fourth-order valence-electron chi connectivity index (χ4n) is 2.01. The Kier molecular flexibility index (Phi) is 2.80. The molecule has 1 unspecified atom stereocenters. The average molecular weight is 224 g/mol. The number of aromatic nitrogens is 2. The smallest absolute Gasteiger partial charge is 0.148 e. The van der Waals surface area contributed by atoms with E-state index in [-0.39, 0.29) is 5.54 Å². The molecule has 16 heavy (non-hydrogen) atoms.